The van der Waals surface area contributed by atoms with E-state index in [9.17, 15) is 29.1 Å². The molecule has 0 atom stereocenters. The number of unbranched alkanes of at least 4 members (excludes halogenated alkanes) is 1. The standard InChI is InChI=1S/C19H22O2.C9H12O4.C8H8.C4H4O4/c1-3-5-10-17(14-16-11-8-7-9-12-16)15-18(19(20)21)13-6-4-2;1-4-13-9(12)7(3)5-6(2)8(10)11;1-2-8-6-4-3-5-7-8;5-3(6)1-2-4(7)8/h3,5,7-12,14-15H,1,4,6,13H2,2H3,(H,20,21);5H,3-4H2,1-2H3,(H,10,11);2-7H,1H2;1-2H,(H,5,6)(H,7,8)/b;;;2-1-. The molecule has 0 radical (unpaired) electrons. The molecule has 0 aliphatic carbocycles. The lowest BCUT2D eigenvalue weighted by molar-refractivity contribution is -0.138. The van der Waals surface area contributed by atoms with E-state index in [-0.39, 0.29) is 17.8 Å². The molecule has 50 heavy (non-hydrogen) atoms. The van der Waals surface area contributed by atoms with Crippen LogP contribution < -0.4 is 0 Å². The first-order valence-electron chi connectivity index (χ1n) is 15.3. The van der Waals surface area contributed by atoms with Crippen LogP contribution in [0, 0.1) is 0 Å². The van der Waals surface area contributed by atoms with Crippen molar-refractivity contribution in [3.8, 4) is 0 Å². The summed E-state index contributed by atoms with van der Waals surface area (Å²) in [5.41, 5.74) is 3.60. The van der Waals surface area contributed by atoms with Gasteiger partial charge in [-0.1, -0.05) is 118 Å². The minimum Gasteiger partial charge on any atom is -0.478 e. The van der Waals surface area contributed by atoms with Crippen LogP contribution in [-0.4, -0.2) is 56.9 Å². The van der Waals surface area contributed by atoms with Gasteiger partial charge in [0.2, 0.25) is 0 Å². The van der Waals surface area contributed by atoms with Gasteiger partial charge in [-0.15, -0.1) is 0 Å². The van der Waals surface area contributed by atoms with Crippen molar-refractivity contribution in [3.63, 3.8) is 0 Å². The number of carbonyl (C=O) groups excluding carboxylic acids is 1. The third-order valence-corrected chi connectivity index (χ3v) is 5.64. The Kier molecular flexibility index (Phi) is 26.5. The third-order valence-electron chi connectivity index (χ3n) is 5.64. The number of hydrogen-bond donors (Lipinski definition) is 4. The van der Waals surface area contributed by atoms with E-state index >= 15 is 0 Å². The minimum absolute atomic E-state index is 0.0433. The lowest BCUT2D eigenvalue weighted by atomic mass is 10.0. The van der Waals surface area contributed by atoms with Gasteiger partial charge in [0.05, 0.1) is 12.2 Å². The molecule has 0 aromatic heterocycles. The van der Waals surface area contributed by atoms with Gasteiger partial charge in [0.15, 0.2) is 0 Å². The molecule has 0 aliphatic rings. The normalized spacial score (nSPS) is 11.0. The smallest absolute Gasteiger partial charge is 0.337 e. The number of rotatable bonds is 15. The van der Waals surface area contributed by atoms with E-state index in [0.29, 0.717) is 24.1 Å². The van der Waals surface area contributed by atoms with E-state index in [1.54, 1.807) is 19.1 Å². The topological polar surface area (TPSA) is 175 Å². The molecule has 4 N–H and O–H groups in total. The van der Waals surface area contributed by atoms with Crippen LogP contribution >= 0.6 is 0 Å². The summed E-state index contributed by atoms with van der Waals surface area (Å²) in [4.78, 5) is 51.7. The molecule has 0 unspecified atom stereocenters. The number of allylic oxidation sites excluding steroid dienone is 5. The maximum Gasteiger partial charge on any atom is 0.337 e. The summed E-state index contributed by atoms with van der Waals surface area (Å²) in [6.45, 7) is 16.0. The molecule has 0 aliphatic heterocycles. The van der Waals surface area contributed by atoms with Crippen molar-refractivity contribution >= 4 is 42.0 Å². The van der Waals surface area contributed by atoms with Gasteiger partial charge in [-0.05, 0) is 61.6 Å². The number of aliphatic carboxylic acids is 4. The second-order valence-electron chi connectivity index (χ2n) is 9.73. The van der Waals surface area contributed by atoms with Gasteiger partial charge in [-0.25, -0.2) is 24.0 Å². The van der Waals surface area contributed by atoms with Gasteiger partial charge in [-0.3, -0.25) is 0 Å². The Hall–Kier alpha value is -6.29. The Morgan fingerprint density at radius 2 is 1.26 bits per heavy atom. The molecule has 0 saturated heterocycles. The van der Waals surface area contributed by atoms with Gasteiger partial charge in [0.1, 0.15) is 0 Å². The maximum absolute atomic E-state index is 11.3. The summed E-state index contributed by atoms with van der Waals surface area (Å²) < 4.78 is 4.61. The van der Waals surface area contributed by atoms with Crippen molar-refractivity contribution in [1.82, 2.24) is 0 Å². The van der Waals surface area contributed by atoms with Crippen LogP contribution in [0.5, 0.6) is 0 Å². The second kappa shape index (κ2) is 28.9. The third kappa shape index (κ3) is 25.9. The molecular weight excluding hydrogens is 640 g/mol. The quantitative estimate of drug-likeness (QED) is 0.0812. The van der Waals surface area contributed by atoms with Gasteiger partial charge in [0, 0.05) is 23.3 Å². The number of esters is 1. The van der Waals surface area contributed by atoms with Crippen molar-refractivity contribution in [2.75, 3.05) is 6.61 Å². The number of carboxylic acids is 4. The number of ether oxygens (including phenoxy) is 1. The molecule has 0 heterocycles. The highest BCUT2D eigenvalue weighted by Gasteiger charge is 2.08. The number of carbonyl (C=O) groups is 5. The Balaban J connectivity index is 0. The monoisotopic (exact) mass is 686 g/mol. The second-order valence-corrected chi connectivity index (χ2v) is 9.73. The Bertz CT molecular complexity index is 1540. The number of hydrogen-bond acceptors (Lipinski definition) is 6. The first kappa shape index (κ1) is 45.8. The summed E-state index contributed by atoms with van der Waals surface area (Å²) in [5, 5.41) is 33.4. The fourth-order valence-electron chi connectivity index (χ4n) is 3.21. The molecule has 10 heteroatoms. The Labute approximate surface area is 293 Å². The molecule has 266 valence electrons. The van der Waals surface area contributed by atoms with Crippen molar-refractivity contribution in [2.24, 2.45) is 0 Å². The molecule has 0 bridgehead atoms. The predicted octanol–water partition coefficient (Wildman–Crippen LogP) is 8.19. The molecule has 0 amide bonds. The maximum atomic E-state index is 11.3. The fraction of sp³-hybridized carbons (Fsp3) is 0.175. The highest BCUT2D eigenvalue weighted by atomic mass is 16.5. The zero-order chi connectivity index (χ0) is 38.3. The molecule has 0 spiro atoms. The van der Waals surface area contributed by atoms with E-state index in [4.69, 9.17) is 15.3 Å². The average molecular weight is 687 g/mol. The first-order valence-corrected chi connectivity index (χ1v) is 15.3. The number of benzene rings is 2. The molecule has 10 nitrogen and oxygen atoms in total. The van der Waals surface area contributed by atoms with Crippen LogP contribution in [-0.2, 0) is 28.7 Å². The average Bonchev–Trinajstić information content (AvgIpc) is 3.09. The molecule has 0 fully saturated rings. The summed E-state index contributed by atoms with van der Waals surface area (Å²) >= 11 is 0. The van der Waals surface area contributed by atoms with Crippen molar-refractivity contribution in [2.45, 2.75) is 40.0 Å². The van der Waals surface area contributed by atoms with Crippen molar-refractivity contribution < 1.29 is 49.1 Å². The van der Waals surface area contributed by atoms with E-state index in [0.717, 1.165) is 24.0 Å². The number of carboxylic acid groups (broad SMARTS) is 4. The Morgan fingerprint density at radius 3 is 1.64 bits per heavy atom. The van der Waals surface area contributed by atoms with Crippen LogP contribution in [0.15, 0.2) is 145 Å². The van der Waals surface area contributed by atoms with Gasteiger partial charge in [0.25, 0.3) is 0 Å². The zero-order valence-electron chi connectivity index (χ0n) is 28.7. The summed E-state index contributed by atoms with van der Waals surface area (Å²) in [5.74, 6) is -5.04. The first-order chi connectivity index (χ1) is 23.7. The largest absolute Gasteiger partial charge is 0.478 e. The molecule has 2 aromatic carbocycles. The van der Waals surface area contributed by atoms with Crippen molar-refractivity contribution in [1.29, 1.82) is 0 Å². The van der Waals surface area contributed by atoms with Crippen LogP contribution in [0.3, 0.4) is 0 Å². The molecule has 2 aromatic rings. The highest BCUT2D eigenvalue weighted by molar-refractivity contribution is 5.95. The summed E-state index contributed by atoms with van der Waals surface area (Å²) in [6, 6.07) is 19.9. The predicted molar refractivity (Wildman–Crippen MR) is 197 cm³/mol. The Morgan fingerprint density at radius 1 is 0.740 bits per heavy atom. The van der Waals surface area contributed by atoms with Crippen LogP contribution in [0.1, 0.15) is 51.2 Å². The van der Waals surface area contributed by atoms with Gasteiger partial charge in [-0.2, -0.15) is 0 Å². The summed E-state index contributed by atoms with van der Waals surface area (Å²) in [6.07, 6.45) is 15.6. The highest BCUT2D eigenvalue weighted by Crippen LogP contribution is 2.15. The molecule has 0 saturated carbocycles. The van der Waals surface area contributed by atoms with Gasteiger partial charge < -0.3 is 25.2 Å². The van der Waals surface area contributed by atoms with Crippen LogP contribution in [0.4, 0.5) is 0 Å². The van der Waals surface area contributed by atoms with E-state index < -0.39 is 29.8 Å². The zero-order valence-corrected chi connectivity index (χ0v) is 28.7. The lowest BCUT2D eigenvalue weighted by Gasteiger charge is -2.03. The fourth-order valence-corrected chi connectivity index (χ4v) is 3.21. The van der Waals surface area contributed by atoms with E-state index in [2.05, 4.69) is 31.4 Å². The molecule has 2 rings (SSSR count). The lowest BCUT2D eigenvalue weighted by Crippen LogP contribution is -2.06. The SMILES string of the molecule is C=C(C=C(C)C(=O)O)C(=O)OCC.C=CC=CC(=Cc1ccccc1)C=C(CCCC)C(=O)O.C=Cc1ccccc1.O=C(O)/C=C\C(=O)O. The van der Waals surface area contributed by atoms with E-state index in [1.807, 2.05) is 85.0 Å². The van der Waals surface area contributed by atoms with Crippen LogP contribution in [0.25, 0.3) is 12.2 Å². The summed E-state index contributed by atoms with van der Waals surface area (Å²) in [7, 11) is 0. The van der Waals surface area contributed by atoms with E-state index in [1.165, 1.54) is 18.6 Å². The molecular formula is C40H46O10. The van der Waals surface area contributed by atoms with Gasteiger partial charge >= 0.3 is 29.8 Å². The van der Waals surface area contributed by atoms with Crippen molar-refractivity contribution in [3.05, 3.63) is 156 Å². The minimum atomic E-state index is -1.26. The van der Waals surface area contributed by atoms with Crippen LogP contribution in [0.2, 0.25) is 0 Å².